The number of ether oxygens (including phenoxy) is 1. The molecule has 0 saturated carbocycles. The van der Waals surface area contributed by atoms with Crippen LogP contribution in [-0.4, -0.2) is 13.7 Å². The maximum Gasteiger partial charge on any atom is 0.123 e. The van der Waals surface area contributed by atoms with Crippen molar-refractivity contribution in [2.24, 2.45) is 0 Å². The molecule has 0 atom stereocenters. The van der Waals surface area contributed by atoms with E-state index in [1.165, 1.54) is 16.8 Å². The largest absolute Gasteiger partial charge is 0.496 e. The highest BCUT2D eigenvalue weighted by Gasteiger charge is 2.20. The van der Waals surface area contributed by atoms with Gasteiger partial charge in [0.25, 0.3) is 0 Å². The number of para-hydroxylation sites is 1. The maximum atomic E-state index is 5.89. The molecule has 0 aromatic heterocycles. The van der Waals surface area contributed by atoms with Crippen molar-refractivity contribution in [3.05, 3.63) is 53.6 Å². The van der Waals surface area contributed by atoms with Gasteiger partial charge in [0.1, 0.15) is 5.75 Å². The Kier molecular flexibility index (Phi) is 3.03. The number of rotatable bonds is 3. The summed E-state index contributed by atoms with van der Waals surface area (Å²) in [4.78, 5) is 2.36. The number of methoxy groups -OCH3 is 1. The van der Waals surface area contributed by atoms with Crippen LogP contribution in [0.1, 0.15) is 11.1 Å². The Hall–Kier alpha value is -2.16. The van der Waals surface area contributed by atoms with Crippen LogP contribution in [0.4, 0.5) is 11.4 Å². The molecule has 2 N–H and O–H groups in total. The molecule has 0 fully saturated rings. The van der Waals surface area contributed by atoms with Gasteiger partial charge in [0.2, 0.25) is 0 Å². The van der Waals surface area contributed by atoms with E-state index in [2.05, 4.69) is 23.1 Å². The van der Waals surface area contributed by atoms with Crippen LogP contribution in [0.3, 0.4) is 0 Å². The number of nitrogens with zero attached hydrogens (tertiary/aromatic N) is 1. The molecule has 1 aliphatic rings. The first-order valence-corrected chi connectivity index (χ1v) is 6.53. The molecule has 3 rings (SSSR count). The Morgan fingerprint density at radius 2 is 2.05 bits per heavy atom. The minimum Gasteiger partial charge on any atom is -0.496 e. The highest BCUT2D eigenvalue weighted by Crippen LogP contribution is 2.32. The lowest BCUT2D eigenvalue weighted by atomic mass is 10.1. The Morgan fingerprint density at radius 1 is 1.21 bits per heavy atom. The molecule has 0 unspecified atom stereocenters. The molecule has 3 nitrogen and oxygen atoms in total. The van der Waals surface area contributed by atoms with Crippen molar-refractivity contribution >= 4 is 11.4 Å². The summed E-state index contributed by atoms with van der Waals surface area (Å²) in [5, 5.41) is 0. The highest BCUT2D eigenvalue weighted by atomic mass is 16.5. The summed E-state index contributed by atoms with van der Waals surface area (Å²) in [6.07, 6.45) is 1.09. The van der Waals surface area contributed by atoms with E-state index in [1.54, 1.807) is 7.11 Å². The molecule has 1 aliphatic heterocycles. The molecule has 19 heavy (non-hydrogen) atoms. The average Bonchev–Trinajstić information content (AvgIpc) is 2.82. The van der Waals surface area contributed by atoms with Gasteiger partial charge in [0.05, 0.1) is 7.11 Å². The zero-order valence-corrected chi connectivity index (χ0v) is 11.1. The summed E-state index contributed by atoms with van der Waals surface area (Å²) in [5.41, 5.74) is 10.6. The van der Waals surface area contributed by atoms with Crippen LogP contribution >= 0.6 is 0 Å². The molecule has 2 aromatic carbocycles. The van der Waals surface area contributed by atoms with Gasteiger partial charge in [0.15, 0.2) is 0 Å². The van der Waals surface area contributed by atoms with Crippen molar-refractivity contribution in [2.45, 2.75) is 13.0 Å². The molecule has 2 aromatic rings. The van der Waals surface area contributed by atoms with Gasteiger partial charge in [0, 0.05) is 30.0 Å². The summed E-state index contributed by atoms with van der Waals surface area (Å²) in [6, 6.07) is 14.3. The van der Waals surface area contributed by atoms with Crippen LogP contribution < -0.4 is 15.4 Å². The second-order valence-electron chi connectivity index (χ2n) is 4.87. The number of nitrogens with two attached hydrogens (primary N) is 1. The van der Waals surface area contributed by atoms with E-state index in [0.717, 1.165) is 30.9 Å². The lowest BCUT2D eigenvalue weighted by Gasteiger charge is -2.21. The van der Waals surface area contributed by atoms with Gasteiger partial charge in [-0.05, 0) is 30.2 Å². The molecule has 0 amide bonds. The van der Waals surface area contributed by atoms with E-state index in [-0.39, 0.29) is 0 Å². The van der Waals surface area contributed by atoms with Crippen molar-refractivity contribution in [1.29, 1.82) is 0 Å². The molecule has 3 heteroatoms. The predicted molar refractivity (Wildman–Crippen MR) is 78.6 cm³/mol. The van der Waals surface area contributed by atoms with Crippen molar-refractivity contribution in [1.82, 2.24) is 0 Å². The molecular weight excluding hydrogens is 236 g/mol. The van der Waals surface area contributed by atoms with Gasteiger partial charge in [-0.15, -0.1) is 0 Å². The van der Waals surface area contributed by atoms with Gasteiger partial charge in [-0.3, -0.25) is 0 Å². The van der Waals surface area contributed by atoms with Crippen LogP contribution in [0.2, 0.25) is 0 Å². The van der Waals surface area contributed by atoms with Gasteiger partial charge in [-0.1, -0.05) is 24.3 Å². The van der Waals surface area contributed by atoms with Crippen LogP contribution in [0, 0.1) is 0 Å². The van der Waals surface area contributed by atoms with E-state index < -0.39 is 0 Å². The highest BCUT2D eigenvalue weighted by molar-refractivity contribution is 5.64. The van der Waals surface area contributed by atoms with Crippen LogP contribution in [0.15, 0.2) is 42.5 Å². The molecular formula is C16H18N2O. The SMILES string of the molecule is COc1ccccc1CN1CCc2ccc(N)cc21. The van der Waals surface area contributed by atoms with Crippen LogP contribution in [-0.2, 0) is 13.0 Å². The van der Waals surface area contributed by atoms with Crippen LogP contribution in [0.5, 0.6) is 5.75 Å². The zero-order valence-electron chi connectivity index (χ0n) is 11.1. The number of fused-ring (bicyclic) bond motifs is 1. The predicted octanol–water partition coefficient (Wildman–Crippen LogP) is 2.84. The third-order valence-electron chi connectivity index (χ3n) is 3.65. The average molecular weight is 254 g/mol. The number of hydrogen-bond acceptors (Lipinski definition) is 3. The fourth-order valence-corrected chi connectivity index (χ4v) is 2.67. The Balaban J connectivity index is 1.88. The summed E-state index contributed by atoms with van der Waals surface area (Å²) < 4.78 is 5.42. The van der Waals surface area contributed by atoms with Crippen molar-refractivity contribution < 1.29 is 4.74 Å². The number of nitrogen functional groups attached to an aromatic ring is 1. The number of anilines is 2. The Bertz CT molecular complexity index is 595. The Morgan fingerprint density at radius 3 is 2.89 bits per heavy atom. The summed E-state index contributed by atoms with van der Waals surface area (Å²) in [7, 11) is 1.72. The van der Waals surface area contributed by atoms with Crippen LogP contribution in [0.25, 0.3) is 0 Å². The molecule has 0 radical (unpaired) electrons. The fourth-order valence-electron chi connectivity index (χ4n) is 2.67. The number of hydrogen-bond donors (Lipinski definition) is 1. The topological polar surface area (TPSA) is 38.5 Å². The third-order valence-corrected chi connectivity index (χ3v) is 3.65. The van der Waals surface area contributed by atoms with Gasteiger partial charge in [-0.2, -0.15) is 0 Å². The van der Waals surface area contributed by atoms with E-state index >= 15 is 0 Å². The normalized spacial score (nSPS) is 13.4. The molecule has 0 saturated heterocycles. The fraction of sp³-hybridized carbons (Fsp3) is 0.250. The smallest absolute Gasteiger partial charge is 0.123 e. The first-order valence-electron chi connectivity index (χ1n) is 6.53. The monoisotopic (exact) mass is 254 g/mol. The molecule has 0 aliphatic carbocycles. The standard InChI is InChI=1S/C16H18N2O/c1-19-16-5-3-2-4-13(16)11-18-9-8-12-6-7-14(17)10-15(12)18/h2-7,10H,8-9,11,17H2,1H3. The molecule has 98 valence electrons. The quantitative estimate of drug-likeness (QED) is 0.856. The van der Waals surface area contributed by atoms with Gasteiger partial charge in [-0.25, -0.2) is 0 Å². The van der Waals surface area contributed by atoms with Crippen molar-refractivity contribution in [3.8, 4) is 5.75 Å². The minimum atomic E-state index is 0.825. The van der Waals surface area contributed by atoms with Gasteiger partial charge < -0.3 is 15.4 Å². The Labute approximate surface area is 113 Å². The first-order chi connectivity index (χ1) is 9.28. The lowest BCUT2D eigenvalue weighted by molar-refractivity contribution is 0.409. The molecule has 1 heterocycles. The molecule has 0 spiro atoms. The summed E-state index contributed by atoms with van der Waals surface area (Å²) in [6.45, 7) is 1.90. The van der Waals surface area contributed by atoms with Crippen molar-refractivity contribution in [2.75, 3.05) is 24.3 Å². The zero-order chi connectivity index (χ0) is 13.2. The molecule has 0 bridgehead atoms. The van der Waals surface area contributed by atoms with Crippen molar-refractivity contribution in [3.63, 3.8) is 0 Å². The summed E-state index contributed by atoms with van der Waals surface area (Å²) in [5.74, 6) is 0.944. The van der Waals surface area contributed by atoms with Gasteiger partial charge >= 0.3 is 0 Å². The lowest BCUT2D eigenvalue weighted by Crippen LogP contribution is -2.20. The summed E-state index contributed by atoms with van der Waals surface area (Å²) >= 11 is 0. The second kappa shape index (κ2) is 4.84. The van der Waals surface area contributed by atoms with E-state index in [9.17, 15) is 0 Å². The van der Waals surface area contributed by atoms with E-state index in [4.69, 9.17) is 10.5 Å². The first kappa shape index (κ1) is 11.9. The number of benzene rings is 2. The second-order valence-corrected chi connectivity index (χ2v) is 4.87. The maximum absolute atomic E-state index is 5.89. The van der Waals surface area contributed by atoms with E-state index in [1.807, 2.05) is 24.3 Å². The minimum absolute atomic E-state index is 0.825. The van der Waals surface area contributed by atoms with E-state index in [0.29, 0.717) is 0 Å². The third kappa shape index (κ3) is 2.24.